The lowest BCUT2D eigenvalue weighted by Crippen LogP contribution is -2.28. The number of anilines is 1. The number of hydrogen-bond acceptors (Lipinski definition) is 4. The van der Waals surface area contributed by atoms with E-state index < -0.39 is 11.6 Å². The molecule has 0 saturated carbocycles. The number of unbranched alkanes of at least 4 members (excludes halogenated alkanes) is 1. The fourth-order valence-electron chi connectivity index (χ4n) is 3.01. The predicted molar refractivity (Wildman–Crippen MR) is 133 cm³/mol. The topological polar surface area (TPSA) is 73.2 Å². The molecular weight excluding hydrogens is 402 g/mol. The van der Waals surface area contributed by atoms with E-state index in [4.69, 9.17) is 4.74 Å². The number of imidazole rings is 1. The van der Waals surface area contributed by atoms with E-state index in [0.29, 0.717) is 18.9 Å². The van der Waals surface area contributed by atoms with Crippen molar-refractivity contribution in [2.24, 2.45) is 5.92 Å². The minimum absolute atomic E-state index is 0. The quantitative estimate of drug-likeness (QED) is 0.460. The summed E-state index contributed by atoms with van der Waals surface area (Å²) in [7, 11) is 0. The van der Waals surface area contributed by atoms with E-state index in [1.165, 1.54) is 12.8 Å². The van der Waals surface area contributed by atoms with Crippen molar-refractivity contribution in [3.05, 3.63) is 47.9 Å². The highest BCUT2D eigenvalue weighted by Crippen LogP contribution is 2.24. The molecule has 32 heavy (non-hydrogen) atoms. The van der Waals surface area contributed by atoms with Gasteiger partial charge in [-0.2, -0.15) is 0 Å². The van der Waals surface area contributed by atoms with Gasteiger partial charge >= 0.3 is 5.97 Å². The average molecular weight is 446 g/mol. The maximum atomic E-state index is 12.9. The lowest BCUT2D eigenvalue weighted by Gasteiger charge is -2.21. The minimum atomic E-state index is -0.638. The number of benzene rings is 1. The van der Waals surface area contributed by atoms with Gasteiger partial charge in [-0.15, -0.1) is 0 Å². The molecule has 0 bridgehead atoms. The van der Waals surface area contributed by atoms with Crippen LogP contribution in [0.15, 0.2) is 36.7 Å². The molecule has 1 aromatic carbocycles. The number of amides is 1. The summed E-state index contributed by atoms with van der Waals surface area (Å²) in [5, 5.41) is 2.85. The molecule has 0 aliphatic carbocycles. The maximum Gasteiger partial charge on any atom is 0.359 e. The first-order valence-corrected chi connectivity index (χ1v) is 11.7. The number of nitrogens with zero attached hydrogens (tertiary/aromatic N) is 2. The number of carbonyl (C=O) groups is 2. The lowest BCUT2D eigenvalue weighted by molar-refractivity contribution is -0.117. The van der Waals surface area contributed by atoms with Gasteiger partial charge in [-0.25, -0.2) is 9.78 Å². The van der Waals surface area contributed by atoms with E-state index in [1.807, 2.05) is 58.0 Å². The number of carbonyl (C=O) groups excluding carboxylic acids is 2. The van der Waals surface area contributed by atoms with Crippen LogP contribution in [-0.2, 0) is 16.1 Å². The summed E-state index contributed by atoms with van der Waals surface area (Å²) in [5.41, 5.74) is 0.573. The van der Waals surface area contributed by atoms with Gasteiger partial charge in [0.1, 0.15) is 5.60 Å². The van der Waals surface area contributed by atoms with Crippen LogP contribution in [-0.4, -0.2) is 27.0 Å². The smallest absolute Gasteiger partial charge is 0.359 e. The SMILES string of the molecule is CCC(C(=O)Nc1ncn(CC(C)C)c1C(=O)OC(C)(C)C)c1ccccc1.CCCC.[HH]. The van der Waals surface area contributed by atoms with Crippen LogP contribution < -0.4 is 5.32 Å². The molecule has 6 nitrogen and oxygen atoms in total. The van der Waals surface area contributed by atoms with Gasteiger partial charge in [-0.1, -0.05) is 77.8 Å². The van der Waals surface area contributed by atoms with Crippen molar-refractivity contribution in [1.82, 2.24) is 9.55 Å². The second kappa shape index (κ2) is 13.0. The van der Waals surface area contributed by atoms with Gasteiger partial charge in [0, 0.05) is 7.97 Å². The summed E-state index contributed by atoms with van der Waals surface area (Å²) < 4.78 is 7.29. The highest BCUT2D eigenvalue weighted by atomic mass is 16.6. The first kappa shape index (κ1) is 27.4. The van der Waals surface area contributed by atoms with Gasteiger partial charge in [0.25, 0.3) is 0 Å². The second-order valence-corrected chi connectivity index (χ2v) is 9.35. The third-order valence-corrected chi connectivity index (χ3v) is 4.66. The first-order valence-electron chi connectivity index (χ1n) is 11.7. The van der Waals surface area contributed by atoms with Crippen LogP contribution in [0, 0.1) is 5.92 Å². The Morgan fingerprint density at radius 2 is 1.69 bits per heavy atom. The minimum Gasteiger partial charge on any atom is -0.455 e. The Labute approximate surface area is 195 Å². The third kappa shape index (κ3) is 8.85. The molecule has 180 valence electrons. The van der Waals surface area contributed by atoms with Crippen molar-refractivity contribution in [1.29, 1.82) is 0 Å². The molecule has 2 rings (SSSR count). The highest BCUT2D eigenvalue weighted by molar-refractivity contribution is 6.01. The first-order chi connectivity index (χ1) is 15.0. The summed E-state index contributed by atoms with van der Waals surface area (Å²) in [6.45, 7) is 16.5. The molecule has 1 unspecified atom stereocenters. The van der Waals surface area contributed by atoms with Crippen LogP contribution in [0.2, 0.25) is 0 Å². The van der Waals surface area contributed by atoms with E-state index in [2.05, 4.69) is 38.0 Å². The summed E-state index contributed by atoms with van der Waals surface area (Å²) in [6, 6.07) is 9.60. The van der Waals surface area contributed by atoms with Crippen LogP contribution >= 0.6 is 0 Å². The van der Waals surface area contributed by atoms with E-state index in [0.717, 1.165) is 5.56 Å². The Morgan fingerprint density at radius 3 is 2.16 bits per heavy atom. The van der Waals surface area contributed by atoms with Crippen molar-refractivity contribution in [2.45, 2.75) is 92.7 Å². The van der Waals surface area contributed by atoms with E-state index >= 15 is 0 Å². The Hall–Kier alpha value is -2.63. The molecule has 0 fully saturated rings. The van der Waals surface area contributed by atoms with Crippen molar-refractivity contribution in [3.63, 3.8) is 0 Å². The zero-order chi connectivity index (χ0) is 24.3. The summed E-state index contributed by atoms with van der Waals surface area (Å²) in [5.74, 6) is -0.439. The van der Waals surface area contributed by atoms with Gasteiger partial charge in [0.05, 0.1) is 12.2 Å². The average Bonchev–Trinajstić information content (AvgIpc) is 3.09. The maximum absolute atomic E-state index is 12.9. The Bertz CT molecular complexity index is 840. The Balaban J connectivity index is 0.00000189. The molecule has 6 heteroatoms. The zero-order valence-corrected chi connectivity index (χ0v) is 21.1. The standard InChI is InChI=1S/C22H31N3O3.C4H10.H2/c1-7-17(16-11-9-8-10-12-16)20(26)24-19-18(21(27)28-22(4,5)6)25(14-23-19)13-15(2)3;1-3-4-2;/h8-12,14-15,17H,7,13H2,1-6H3,(H,24,26);3-4H2,1-2H3;1H. The Morgan fingerprint density at radius 1 is 1.09 bits per heavy atom. The third-order valence-electron chi connectivity index (χ3n) is 4.66. The summed E-state index contributed by atoms with van der Waals surface area (Å²) >= 11 is 0. The van der Waals surface area contributed by atoms with Crippen molar-refractivity contribution in [3.8, 4) is 0 Å². The summed E-state index contributed by atoms with van der Waals surface area (Å²) in [4.78, 5) is 30.0. The monoisotopic (exact) mass is 445 g/mol. The fraction of sp³-hybridized carbons (Fsp3) is 0.577. The number of aromatic nitrogens is 2. The molecule has 0 aliphatic rings. The molecule has 2 aromatic rings. The summed E-state index contributed by atoms with van der Waals surface area (Å²) in [6.07, 6.45) is 4.86. The molecule has 0 spiro atoms. The van der Waals surface area contributed by atoms with Crippen LogP contribution in [0.3, 0.4) is 0 Å². The van der Waals surface area contributed by atoms with Gasteiger partial charge in [-0.05, 0) is 38.7 Å². The predicted octanol–water partition coefficient (Wildman–Crippen LogP) is 6.68. The van der Waals surface area contributed by atoms with Crippen molar-refractivity contribution < 1.29 is 15.8 Å². The van der Waals surface area contributed by atoms with Gasteiger partial charge in [0.2, 0.25) is 5.91 Å². The molecule has 1 amide bonds. The number of esters is 1. The highest BCUT2D eigenvalue weighted by Gasteiger charge is 2.28. The normalized spacial score (nSPS) is 12.0. The number of hydrogen-bond donors (Lipinski definition) is 1. The molecule has 1 heterocycles. The Kier molecular flexibility index (Phi) is 11.2. The molecule has 1 atom stereocenters. The van der Waals surface area contributed by atoms with Crippen molar-refractivity contribution >= 4 is 17.7 Å². The van der Waals surface area contributed by atoms with E-state index in [9.17, 15) is 9.59 Å². The molecule has 0 aliphatic heterocycles. The van der Waals surface area contributed by atoms with Crippen LogP contribution in [0.1, 0.15) is 98.0 Å². The zero-order valence-electron chi connectivity index (χ0n) is 21.1. The van der Waals surface area contributed by atoms with Crippen LogP contribution in [0.5, 0.6) is 0 Å². The fourth-order valence-corrected chi connectivity index (χ4v) is 3.01. The number of ether oxygens (including phenoxy) is 1. The molecular formula is C26H43N3O3. The van der Waals surface area contributed by atoms with E-state index in [-0.39, 0.29) is 24.8 Å². The molecule has 1 aromatic heterocycles. The van der Waals surface area contributed by atoms with Gasteiger partial charge in [0.15, 0.2) is 11.5 Å². The van der Waals surface area contributed by atoms with Crippen LogP contribution in [0.25, 0.3) is 0 Å². The molecule has 0 saturated heterocycles. The molecule has 1 N–H and O–H groups in total. The van der Waals surface area contributed by atoms with Gasteiger partial charge in [-0.3, -0.25) is 4.79 Å². The number of nitrogens with one attached hydrogen (secondary N) is 1. The van der Waals surface area contributed by atoms with Gasteiger partial charge < -0.3 is 14.6 Å². The van der Waals surface area contributed by atoms with Crippen molar-refractivity contribution in [2.75, 3.05) is 5.32 Å². The van der Waals surface area contributed by atoms with Crippen LogP contribution in [0.4, 0.5) is 5.82 Å². The number of rotatable bonds is 8. The molecule has 0 radical (unpaired) electrons. The second-order valence-electron chi connectivity index (χ2n) is 9.35. The van der Waals surface area contributed by atoms with E-state index in [1.54, 1.807) is 10.9 Å². The lowest BCUT2D eigenvalue weighted by atomic mass is 9.96. The largest absolute Gasteiger partial charge is 0.455 e.